The number of benzene rings is 1. The van der Waals surface area contributed by atoms with Crippen LogP contribution in [0.15, 0.2) is 29.4 Å². The van der Waals surface area contributed by atoms with Crippen molar-refractivity contribution in [1.82, 2.24) is 15.6 Å². The van der Waals surface area contributed by atoms with Crippen molar-refractivity contribution in [2.75, 3.05) is 13.1 Å². The molecule has 0 bridgehead atoms. The minimum absolute atomic E-state index is 0.387. The van der Waals surface area contributed by atoms with Crippen molar-refractivity contribution in [2.45, 2.75) is 40.2 Å². The highest BCUT2D eigenvalue weighted by Crippen LogP contribution is 2.22. The van der Waals surface area contributed by atoms with Crippen LogP contribution in [-0.2, 0) is 6.42 Å². The summed E-state index contributed by atoms with van der Waals surface area (Å²) >= 11 is 0. The average molecular weight is 286 g/mol. The maximum Gasteiger partial charge on any atom is 0.191 e. The molecule has 4 nitrogen and oxygen atoms in total. The first-order valence-electron chi connectivity index (χ1n) is 7.72. The van der Waals surface area contributed by atoms with Crippen LogP contribution in [0.25, 0.3) is 10.9 Å². The molecule has 0 aliphatic heterocycles. The van der Waals surface area contributed by atoms with Crippen LogP contribution in [0.2, 0.25) is 0 Å². The van der Waals surface area contributed by atoms with E-state index < -0.39 is 0 Å². The Hall–Kier alpha value is -1.97. The van der Waals surface area contributed by atoms with E-state index in [2.05, 4.69) is 72.7 Å². The molecule has 0 saturated carbocycles. The van der Waals surface area contributed by atoms with E-state index in [1.165, 1.54) is 22.0 Å². The lowest BCUT2D eigenvalue weighted by Crippen LogP contribution is -2.41. The van der Waals surface area contributed by atoms with Gasteiger partial charge in [0.2, 0.25) is 0 Å². The normalized spacial score (nSPS) is 12.1. The van der Waals surface area contributed by atoms with Crippen molar-refractivity contribution in [3.05, 3.63) is 35.5 Å². The van der Waals surface area contributed by atoms with E-state index in [-0.39, 0.29) is 0 Å². The zero-order valence-electron chi connectivity index (χ0n) is 13.5. The van der Waals surface area contributed by atoms with Gasteiger partial charge in [0.15, 0.2) is 5.96 Å². The molecule has 3 N–H and O–H groups in total. The van der Waals surface area contributed by atoms with Crippen molar-refractivity contribution in [2.24, 2.45) is 4.99 Å². The van der Waals surface area contributed by atoms with Crippen molar-refractivity contribution in [3.63, 3.8) is 0 Å². The smallest absolute Gasteiger partial charge is 0.191 e. The third-order valence-corrected chi connectivity index (χ3v) is 3.42. The summed E-state index contributed by atoms with van der Waals surface area (Å²) in [6.07, 6.45) is 3.05. The molecule has 1 aromatic heterocycles. The third-order valence-electron chi connectivity index (χ3n) is 3.42. The first kappa shape index (κ1) is 15.4. The third kappa shape index (κ3) is 4.00. The van der Waals surface area contributed by atoms with E-state index >= 15 is 0 Å². The number of aliphatic imine (C=N–C) groups is 1. The zero-order chi connectivity index (χ0) is 15.2. The number of aromatic nitrogens is 1. The van der Waals surface area contributed by atoms with E-state index in [1.807, 2.05) is 0 Å². The fraction of sp³-hybridized carbons (Fsp3) is 0.471. The fourth-order valence-corrected chi connectivity index (χ4v) is 2.53. The summed E-state index contributed by atoms with van der Waals surface area (Å²) in [4.78, 5) is 7.99. The molecule has 0 aliphatic carbocycles. The number of fused-ring (bicyclic) bond motifs is 1. The zero-order valence-corrected chi connectivity index (χ0v) is 13.5. The van der Waals surface area contributed by atoms with E-state index in [0.717, 1.165) is 25.5 Å². The van der Waals surface area contributed by atoms with Crippen LogP contribution in [0.3, 0.4) is 0 Å². The Balaban J connectivity index is 2.07. The number of nitrogens with zero attached hydrogens (tertiary/aromatic N) is 1. The molecular formula is C17H26N4. The summed E-state index contributed by atoms with van der Waals surface area (Å²) in [6.45, 7) is 10.1. The van der Waals surface area contributed by atoms with Gasteiger partial charge in [-0.15, -0.1) is 0 Å². The van der Waals surface area contributed by atoms with Gasteiger partial charge < -0.3 is 15.6 Å². The van der Waals surface area contributed by atoms with Crippen LogP contribution in [-0.4, -0.2) is 30.1 Å². The predicted octanol–water partition coefficient (Wildman–Crippen LogP) is 2.98. The predicted molar refractivity (Wildman–Crippen MR) is 91.0 cm³/mol. The Bertz CT molecular complexity index is 610. The van der Waals surface area contributed by atoms with Crippen LogP contribution in [0.4, 0.5) is 0 Å². The maximum atomic E-state index is 4.65. The first-order chi connectivity index (χ1) is 10.1. The molecule has 0 radical (unpaired) electrons. The highest BCUT2D eigenvalue weighted by molar-refractivity contribution is 5.86. The SMILES string of the molecule is CCNC(=NCCc1c[nH]c2cccc(C)c12)NC(C)C. The minimum Gasteiger partial charge on any atom is -0.361 e. The molecular weight excluding hydrogens is 260 g/mol. The van der Waals surface area contributed by atoms with Gasteiger partial charge in [-0.3, -0.25) is 4.99 Å². The lowest BCUT2D eigenvalue weighted by molar-refractivity contribution is 0.700. The van der Waals surface area contributed by atoms with Gasteiger partial charge in [-0.25, -0.2) is 0 Å². The quantitative estimate of drug-likeness (QED) is 0.584. The molecule has 2 rings (SSSR count). The second-order valence-electron chi connectivity index (χ2n) is 5.62. The summed E-state index contributed by atoms with van der Waals surface area (Å²) < 4.78 is 0. The lowest BCUT2D eigenvalue weighted by atomic mass is 10.1. The topological polar surface area (TPSA) is 52.2 Å². The monoisotopic (exact) mass is 286 g/mol. The van der Waals surface area contributed by atoms with Crippen molar-refractivity contribution in [1.29, 1.82) is 0 Å². The van der Waals surface area contributed by atoms with Gasteiger partial charge in [-0.1, -0.05) is 12.1 Å². The van der Waals surface area contributed by atoms with Gasteiger partial charge in [0, 0.05) is 36.2 Å². The van der Waals surface area contributed by atoms with Crippen molar-refractivity contribution < 1.29 is 0 Å². The highest BCUT2D eigenvalue weighted by atomic mass is 15.2. The molecule has 1 aromatic carbocycles. The summed E-state index contributed by atoms with van der Waals surface area (Å²) in [5.41, 5.74) is 3.87. The van der Waals surface area contributed by atoms with Gasteiger partial charge in [0.05, 0.1) is 0 Å². The fourth-order valence-electron chi connectivity index (χ4n) is 2.53. The molecule has 0 amide bonds. The molecule has 0 spiro atoms. The summed E-state index contributed by atoms with van der Waals surface area (Å²) in [5.74, 6) is 0.893. The lowest BCUT2D eigenvalue weighted by Gasteiger charge is -2.13. The summed E-state index contributed by atoms with van der Waals surface area (Å²) in [6, 6.07) is 6.76. The van der Waals surface area contributed by atoms with Gasteiger partial charge in [-0.2, -0.15) is 0 Å². The molecule has 2 aromatic rings. The number of hydrogen-bond acceptors (Lipinski definition) is 1. The van der Waals surface area contributed by atoms with E-state index in [9.17, 15) is 0 Å². The Morgan fingerprint density at radius 2 is 2.14 bits per heavy atom. The number of nitrogens with one attached hydrogen (secondary N) is 3. The number of guanidine groups is 1. The Labute approximate surface area is 127 Å². The number of aromatic amines is 1. The van der Waals surface area contributed by atoms with Gasteiger partial charge in [0.1, 0.15) is 0 Å². The second kappa shape index (κ2) is 7.16. The largest absolute Gasteiger partial charge is 0.361 e. The van der Waals surface area contributed by atoms with E-state index in [0.29, 0.717) is 6.04 Å². The minimum atomic E-state index is 0.387. The Morgan fingerprint density at radius 3 is 2.86 bits per heavy atom. The molecule has 0 saturated heterocycles. The van der Waals surface area contributed by atoms with Crippen LogP contribution >= 0.6 is 0 Å². The summed E-state index contributed by atoms with van der Waals surface area (Å²) in [7, 11) is 0. The van der Waals surface area contributed by atoms with Gasteiger partial charge >= 0.3 is 0 Å². The van der Waals surface area contributed by atoms with Gasteiger partial charge in [-0.05, 0) is 51.3 Å². The Morgan fingerprint density at radius 1 is 1.33 bits per heavy atom. The average Bonchev–Trinajstić information content (AvgIpc) is 2.83. The highest BCUT2D eigenvalue weighted by Gasteiger charge is 2.06. The number of hydrogen-bond donors (Lipinski definition) is 3. The number of aryl methyl sites for hydroxylation is 1. The molecule has 1 heterocycles. The molecule has 0 unspecified atom stereocenters. The van der Waals surface area contributed by atoms with Crippen LogP contribution in [0.5, 0.6) is 0 Å². The molecule has 0 fully saturated rings. The van der Waals surface area contributed by atoms with Gasteiger partial charge in [0.25, 0.3) is 0 Å². The molecule has 114 valence electrons. The van der Waals surface area contributed by atoms with Crippen LogP contribution < -0.4 is 10.6 Å². The van der Waals surface area contributed by atoms with Crippen molar-refractivity contribution in [3.8, 4) is 0 Å². The van der Waals surface area contributed by atoms with E-state index in [4.69, 9.17) is 0 Å². The number of H-pyrrole nitrogens is 1. The number of rotatable bonds is 5. The standard InChI is InChI=1S/C17H26N4/c1-5-18-17(21-12(2)3)19-10-9-14-11-20-15-8-6-7-13(4)16(14)15/h6-8,11-12,20H,5,9-10H2,1-4H3,(H2,18,19,21). The molecule has 21 heavy (non-hydrogen) atoms. The van der Waals surface area contributed by atoms with Crippen LogP contribution in [0, 0.1) is 6.92 Å². The Kier molecular flexibility index (Phi) is 5.26. The molecule has 4 heteroatoms. The summed E-state index contributed by atoms with van der Waals surface area (Å²) in [5, 5.41) is 7.96. The van der Waals surface area contributed by atoms with Crippen molar-refractivity contribution >= 4 is 16.9 Å². The second-order valence-corrected chi connectivity index (χ2v) is 5.62. The van der Waals surface area contributed by atoms with E-state index in [1.54, 1.807) is 0 Å². The first-order valence-corrected chi connectivity index (χ1v) is 7.72. The van der Waals surface area contributed by atoms with Crippen LogP contribution in [0.1, 0.15) is 31.9 Å². The molecule has 0 atom stereocenters. The maximum absolute atomic E-state index is 4.65. The molecule has 0 aliphatic rings.